The molecule has 8 heteroatoms. The molecule has 0 aliphatic carbocycles. The van der Waals surface area contributed by atoms with Crippen molar-refractivity contribution < 1.29 is 4.92 Å². The smallest absolute Gasteiger partial charge is 0.343 e. The van der Waals surface area contributed by atoms with Crippen molar-refractivity contribution in [2.75, 3.05) is 5.73 Å². The topological polar surface area (TPSA) is 94.9 Å². The van der Waals surface area contributed by atoms with Crippen LogP contribution in [-0.4, -0.2) is 14.9 Å². The van der Waals surface area contributed by atoms with Gasteiger partial charge in [0.15, 0.2) is 5.03 Å². The number of rotatable bonds is 4. The van der Waals surface area contributed by atoms with Crippen molar-refractivity contribution in [1.29, 1.82) is 0 Å². The average Bonchev–Trinajstić information content (AvgIpc) is 2.37. The molecule has 0 saturated heterocycles. The van der Waals surface area contributed by atoms with Crippen LogP contribution in [0.1, 0.15) is 5.56 Å². The maximum Gasteiger partial charge on any atom is 0.343 e. The first-order valence-electron chi connectivity index (χ1n) is 5.20. The third-order valence-electron chi connectivity index (χ3n) is 2.32. The number of aromatic nitrogens is 2. The van der Waals surface area contributed by atoms with E-state index in [1.54, 1.807) is 6.07 Å². The van der Waals surface area contributed by atoms with E-state index < -0.39 is 4.92 Å². The quantitative estimate of drug-likeness (QED) is 0.403. The molecule has 1 aromatic carbocycles. The molecule has 1 aromatic heterocycles. The Labute approximate surface area is 118 Å². The Kier molecular flexibility index (Phi) is 4.18. The van der Waals surface area contributed by atoms with E-state index in [9.17, 15) is 10.1 Å². The van der Waals surface area contributed by atoms with Crippen LogP contribution in [0.25, 0.3) is 0 Å². The summed E-state index contributed by atoms with van der Waals surface area (Å²) in [5.74, 6) is 0.332. The Morgan fingerprint density at radius 3 is 2.79 bits per heavy atom. The number of hydrogen-bond acceptors (Lipinski definition) is 6. The number of nitrogen functional groups attached to an aromatic ring is 1. The van der Waals surface area contributed by atoms with Gasteiger partial charge in [-0.05, 0) is 11.6 Å². The standard InChI is InChI=1S/C11H9ClN4O2S/c12-8-4-2-1-3-7(8)5-19-11-9(16(17)18)10(13)14-6-15-11/h1-4,6H,5H2,(H2,13,14,15). The number of nitrogens with two attached hydrogens (primary N) is 1. The van der Waals surface area contributed by atoms with E-state index in [1.165, 1.54) is 18.1 Å². The molecule has 2 N–H and O–H groups in total. The number of anilines is 1. The summed E-state index contributed by atoms with van der Waals surface area (Å²) in [5, 5.41) is 11.8. The van der Waals surface area contributed by atoms with Gasteiger partial charge in [0.25, 0.3) is 0 Å². The van der Waals surface area contributed by atoms with Crippen molar-refractivity contribution in [1.82, 2.24) is 9.97 Å². The van der Waals surface area contributed by atoms with Crippen LogP contribution < -0.4 is 5.73 Å². The minimum atomic E-state index is -0.579. The highest BCUT2D eigenvalue weighted by atomic mass is 35.5. The van der Waals surface area contributed by atoms with Gasteiger partial charge < -0.3 is 5.73 Å². The van der Waals surface area contributed by atoms with Gasteiger partial charge in [0.05, 0.1) is 4.92 Å². The first-order chi connectivity index (χ1) is 9.09. The van der Waals surface area contributed by atoms with E-state index in [2.05, 4.69) is 9.97 Å². The molecule has 0 saturated carbocycles. The normalized spacial score (nSPS) is 10.4. The van der Waals surface area contributed by atoms with Gasteiger partial charge in [0, 0.05) is 10.8 Å². The van der Waals surface area contributed by atoms with Gasteiger partial charge in [-0.3, -0.25) is 10.1 Å². The summed E-state index contributed by atoms with van der Waals surface area (Å²) in [6.45, 7) is 0. The Morgan fingerprint density at radius 1 is 1.37 bits per heavy atom. The van der Waals surface area contributed by atoms with Crippen molar-refractivity contribution in [3.8, 4) is 0 Å². The largest absolute Gasteiger partial charge is 0.378 e. The van der Waals surface area contributed by atoms with E-state index in [1.807, 2.05) is 18.2 Å². The van der Waals surface area contributed by atoms with Gasteiger partial charge in [0.1, 0.15) is 6.33 Å². The molecule has 19 heavy (non-hydrogen) atoms. The van der Waals surface area contributed by atoms with E-state index in [4.69, 9.17) is 17.3 Å². The number of thioether (sulfide) groups is 1. The van der Waals surface area contributed by atoms with Crippen molar-refractivity contribution in [2.45, 2.75) is 10.8 Å². The predicted octanol–water partition coefficient (Wildman–Crippen LogP) is 2.91. The van der Waals surface area contributed by atoms with E-state index >= 15 is 0 Å². The zero-order valence-electron chi connectivity index (χ0n) is 9.62. The van der Waals surface area contributed by atoms with E-state index in [0.29, 0.717) is 10.8 Å². The molecule has 0 radical (unpaired) electrons. The van der Waals surface area contributed by atoms with Crippen LogP contribution in [0, 0.1) is 10.1 Å². The Bertz CT molecular complexity index is 623. The molecule has 0 aliphatic heterocycles. The molecular weight excluding hydrogens is 288 g/mol. The second-order valence-electron chi connectivity index (χ2n) is 3.55. The zero-order chi connectivity index (χ0) is 13.8. The third kappa shape index (κ3) is 3.12. The maximum absolute atomic E-state index is 10.9. The lowest BCUT2D eigenvalue weighted by Gasteiger charge is -2.04. The second-order valence-corrected chi connectivity index (χ2v) is 4.92. The third-order valence-corrected chi connectivity index (χ3v) is 3.72. The number of nitrogens with zero attached hydrogens (tertiary/aromatic N) is 3. The summed E-state index contributed by atoms with van der Waals surface area (Å²) in [6.07, 6.45) is 1.21. The minimum Gasteiger partial charge on any atom is -0.378 e. The number of hydrogen-bond donors (Lipinski definition) is 1. The molecule has 0 aliphatic rings. The van der Waals surface area contributed by atoms with Gasteiger partial charge in [-0.2, -0.15) is 0 Å². The van der Waals surface area contributed by atoms with Gasteiger partial charge in [-0.15, -0.1) is 0 Å². The second kappa shape index (κ2) is 5.85. The molecule has 6 nitrogen and oxygen atoms in total. The van der Waals surface area contributed by atoms with Crippen LogP contribution in [0.2, 0.25) is 5.02 Å². The average molecular weight is 297 g/mol. The summed E-state index contributed by atoms with van der Waals surface area (Å²) < 4.78 is 0. The molecule has 0 fully saturated rings. The van der Waals surface area contributed by atoms with Crippen molar-refractivity contribution in [2.24, 2.45) is 0 Å². The first-order valence-corrected chi connectivity index (χ1v) is 6.57. The number of halogens is 1. The van der Waals surface area contributed by atoms with Crippen LogP contribution in [0.15, 0.2) is 35.6 Å². The summed E-state index contributed by atoms with van der Waals surface area (Å²) >= 11 is 7.22. The fraction of sp³-hybridized carbons (Fsp3) is 0.0909. The van der Waals surface area contributed by atoms with Crippen molar-refractivity contribution in [3.05, 3.63) is 51.3 Å². The van der Waals surface area contributed by atoms with E-state index in [0.717, 1.165) is 5.56 Å². The highest BCUT2D eigenvalue weighted by molar-refractivity contribution is 7.98. The van der Waals surface area contributed by atoms with Gasteiger partial charge in [-0.1, -0.05) is 41.6 Å². The summed E-state index contributed by atoms with van der Waals surface area (Å²) in [7, 11) is 0. The van der Waals surface area contributed by atoms with Crippen LogP contribution in [0.5, 0.6) is 0 Å². The van der Waals surface area contributed by atoms with Crippen molar-refractivity contribution in [3.63, 3.8) is 0 Å². The molecule has 98 valence electrons. The van der Waals surface area contributed by atoms with E-state index in [-0.39, 0.29) is 16.5 Å². The number of benzene rings is 1. The molecule has 0 atom stereocenters. The SMILES string of the molecule is Nc1ncnc(SCc2ccccc2Cl)c1[N+](=O)[O-]. The van der Waals surface area contributed by atoms with Crippen LogP contribution >= 0.6 is 23.4 Å². The summed E-state index contributed by atoms with van der Waals surface area (Å²) in [6, 6.07) is 7.29. The Balaban J connectivity index is 2.23. The van der Waals surface area contributed by atoms with Gasteiger partial charge in [0.2, 0.25) is 5.82 Å². The Morgan fingerprint density at radius 2 is 2.11 bits per heavy atom. The van der Waals surface area contributed by atoms with Gasteiger partial charge in [-0.25, -0.2) is 9.97 Å². The fourth-order valence-corrected chi connectivity index (χ4v) is 2.68. The molecule has 2 rings (SSSR count). The van der Waals surface area contributed by atoms with Crippen LogP contribution in [0.4, 0.5) is 11.5 Å². The van der Waals surface area contributed by atoms with Gasteiger partial charge >= 0.3 is 5.69 Å². The lowest BCUT2D eigenvalue weighted by atomic mass is 10.2. The maximum atomic E-state index is 10.9. The number of nitro groups is 1. The fourth-order valence-electron chi connectivity index (χ4n) is 1.41. The molecule has 0 bridgehead atoms. The molecular formula is C11H9ClN4O2S. The summed E-state index contributed by atoms with van der Waals surface area (Å²) in [5.41, 5.74) is 6.10. The molecule has 0 unspecified atom stereocenters. The predicted molar refractivity (Wildman–Crippen MR) is 74.1 cm³/mol. The Hall–Kier alpha value is -1.86. The molecule has 0 amide bonds. The minimum absolute atomic E-state index is 0.137. The molecule has 1 heterocycles. The van der Waals surface area contributed by atoms with Crippen LogP contribution in [0.3, 0.4) is 0 Å². The zero-order valence-corrected chi connectivity index (χ0v) is 11.2. The molecule has 2 aromatic rings. The lowest BCUT2D eigenvalue weighted by molar-refractivity contribution is -0.387. The lowest BCUT2D eigenvalue weighted by Crippen LogP contribution is -2.02. The van der Waals surface area contributed by atoms with Crippen molar-refractivity contribution >= 4 is 34.9 Å². The summed E-state index contributed by atoms with van der Waals surface area (Å²) in [4.78, 5) is 17.9. The highest BCUT2D eigenvalue weighted by Gasteiger charge is 2.21. The molecule has 0 spiro atoms. The van der Waals surface area contributed by atoms with Crippen LogP contribution in [-0.2, 0) is 5.75 Å². The monoisotopic (exact) mass is 296 g/mol. The first kappa shape index (κ1) is 13.6. The highest BCUT2D eigenvalue weighted by Crippen LogP contribution is 2.33.